The van der Waals surface area contributed by atoms with E-state index in [-0.39, 0.29) is 10.9 Å². The highest BCUT2D eigenvalue weighted by Gasteiger charge is 2.12. The van der Waals surface area contributed by atoms with Crippen molar-refractivity contribution >= 4 is 22.2 Å². The molecule has 1 N–H and O–H groups in total. The van der Waals surface area contributed by atoms with Crippen molar-refractivity contribution in [3.63, 3.8) is 0 Å². The molecule has 0 saturated carbocycles. The smallest absolute Gasteiger partial charge is 0.149 e. The van der Waals surface area contributed by atoms with Crippen molar-refractivity contribution in [2.24, 2.45) is 0 Å². The largest absolute Gasteiger partial charge is 0.379 e. The number of anilines is 1. The standard InChI is InChI=1S/C18H14F2N4/c1-11-5-7-24-10-12(23-16(24)8-11)9-22-15-4-6-21-18-14(20)3-2-13(19)17(15)18/h2-8,10H,9H2,1H3,(H,21,22). The van der Waals surface area contributed by atoms with Gasteiger partial charge in [-0.1, -0.05) is 0 Å². The Labute approximate surface area is 136 Å². The van der Waals surface area contributed by atoms with Crippen LogP contribution in [-0.4, -0.2) is 14.4 Å². The Morgan fingerprint density at radius 2 is 1.96 bits per heavy atom. The van der Waals surface area contributed by atoms with Crippen LogP contribution in [0.25, 0.3) is 16.6 Å². The predicted molar refractivity (Wildman–Crippen MR) is 88.9 cm³/mol. The molecule has 0 aliphatic rings. The molecule has 0 fully saturated rings. The summed E-state index contributed by atoms with van der Waals surface area (Å²) in [6.07, 6.45) is 5.31. The third-order valence-corrected chi connectivity index (χ3v) is 3.92. The molecule has 4 nitrogen and oxygen atoms in total. The fraction of sp³-hybridized carbons (Fsp3) is 0.111. The highest BCUT2D eigenvalue weighted by atomic mass is 19.1. The second kappa shape index (κ2) is 5.56. The van der Waals surface area contributed by atoms with Crippen LogP contribution in [0.15, 0.2) is 48.9 Å². The minimum atomic E-state index is -0.543. The molecule has 6 heteroatoms. The molecule has 4 rings (SSSR count). The van der Waals surface area contributed by atoms with Crippen LogP contribution in [0, 0.1) is 18.6 Å². The lowest BCUT2D eigenvalue weighted by Crippen LogP contribution is -2.02. The molecule has 120 valence electrons. The zero-order valence-electron chi connectivity index (χ0n) is 12.9. The van der Waals surface area contributed by atoms with E-state index in [2.05, 4.69) is 15.3 Å². The summed E-state index contributed by atoms with van der Waals surface area (Å²) in [5.41, 5.74) is 3.30. The Balaban J connectivity index is 1.68. The van der Waals surface area contributed by atoms with E-state index in [1.807, 2.05) is 35.9 Å². The van der Waals surface area contributed by atoms with Gasteiger partial charge in [-0.25, -0.2) is 13.8 Å². The third-order valence-electron chi connectivity index (χ3n) is 3.92. The SMILES string of the molecule is Cc1ccn2cc(CNc3ccnc4c(F)ccc(F)c34)nc2c1. The monoisotopic (exact) mass is 324 g/mol. The molecule has 24 heavy (non-hydrogen) atoms. The van der Waals surface area contributed by atoms with Crippen LogP contribution in [0.2, 0.25) is 0 Å². The first-order chi connectivity index (χ1) is 11.6. The number of benzene rings is 1. The van der Waals surface area contributed by atoms with E-state index in [4.69, 9.17) is 0 Å². The van der Waals surface area contributed by atoms with Gasteiger partial charge in [0.1, 0.15) is 22.8 Å². The van der Waals surface area contributed by atoms with Crippen LogP contribution in [-0.2, 0) is 6.54 Å². The minimum Gasteiger partial charge on any atom is -0.379 e. The highest BCUT2D eigenvalue weighted by molar-refractivity contribution is 5.91. The van der Waals surface area contributed by atoms with E-state index in [9.17, 15) is 8.78 Å². The van der Waals surface area contributed by atoms with Crippen molar-refractivity contribution in [3.8, 4) is 0 Å². The number of fused-ring (bicyclic) bond motifs is 2. The van der Waals surface area contributed by atoms with Gasteiger partial charge in [-0.2, -0.15) is 0 Å². The lowest BCUT2D eigenvalue weighted by atomic mass is 10.1. The maximum atomic E-state index is 14.1. The molecular formula is C18H14F2N4. The topological polar surface area (TPSA) is 42.2 Å². The normalized spacial score (nSPS) is 11.3. The van der Waals surface area contributed by atoms with Crippen LogP contribution < -0.4 is 5.32 Å². The average Bonchev–Trinajstić information content (AvgIpc) is 2.98. The van der Waals surface area contributed by atoms with Crippen molar-refractivity contribution in [1.82, 2.24) is 14.4 Å². The maximum Gasteiger partial charge on any atom is 0.149 e. The van der Waals surface area contributed by atoms with E-state index in [0.29, 0.717) is 12.2 Å². The zero-order valence-corrected chi connectivity index (χ0v) is 12.9. The van der Waals surface area contributed by atoms with Gasteiger partial charge in [-0.05, 0) is 42.8 Å². The van der Waals surface area contributed by atoms with Gasteiger partial charge in [0.05, 0.1) is 17.6 Å². The zero-order chi connectivity index (χ0) is 16.7. The quantitative estimate of drug-likeness (QED) is 0.617. The number of aromatic nitrogens is 3. The number of hydrogen-bond acceptors (Lipinski definition) is 3. The van der Waals surface area contributed by atoms with Gasteiger partial charge in [-0.3, -0.25) is 4.98 Å². The summed E-state index contributed by atoms with van der Waals surface area (Å²) in [5.74, 6) is -1.05. The first-order valence-corrected chi connectivity index (χ1v) is 7.52. The Kier molecular flexibility index (Phi) is 3.37. The number of aryl methyl sites for hydroxylation is 1. The molecule has 1 aromatic carbocycles. The van der Waals surface area contributed by atoms with E-state index in [1.165, 1.54) is 6.20 Å². The number of rotatable bonds is 3. The second-order valence-corrected chi connectivity index (χ2v) is 5.67. The summed E-state index contributed by atoms with van der Waals surface area (Å²) in [4.78, 5) is 8.45. The Bertz CT molecular complexity index is 1060. The average molecular weight is 324 g/mol. The minimum absolute atomic E-state index is 0.0191. The van der Waals surface area contributed by atoms with Crippen molar-refractivity contribution in [3.05, 3.63) is 71.8 Å². The molecule has 0 atom stereocenters. The van der Waals surface area contributed by atoms with E-state index < -0.39 is 11.6 Å². The number of hydrogen-bond donors (Lipinski definition) is 1. The first kappa shape index (κ1) is 14.6. The van der Waals surface area contributed by atoms with Crippen LogP contribution in [0.1, 0.15) is 11.3 Å². The lowest BCUT2D eigenvalue weighted by molar-refractivity contribution is 0.615. The number of imidazole rings is 1. The Morgan fingerprint density at radius 1 is 1.12 bits per heavy atom. The van der Waals surface area contributed by atoms with E-state index >= 15 is 0 Å². The van der Waals surface area contributed by atoms with Gasteiger partial charge in [0.25, 0.3) is 0 Å². The number of nitrogens with one attached hydrogen (secondary N) is 1. The molecule has 0 spiro atoms. The molecule has 0 bridgehead atoms. The molecule has 0 saturated heterocycles. The molecule has 4 aromatic rings. The summed E-state index contributed by atoms with van der Waals surface area (Å²) < 4.78 is 29.8. The summed E-state index contributed by atoms with van der Waals surface area (Å²) in [6, 6.07) is 7.81. The summed E-state index contributed by atoms with van der Waals surface area (Å²) >= 11 is 0. The van der Waals surface area contributed by atoms with Crippen LogP contribution in [0.5, 0.6) is 0 Å². The number of nitrogens with zero attached hydrogens (tertiary/aromatic N) is 3. The molecule has 0 aliphatic heterocycles. The molecule has 0 aliphatic carbocycles. The summed E-state index contributed by atoms with van der Waals surface area (Å²) in [6.45, 7) is 2.41. The van der Waals surface area contributed by atoms with Crippen molar-refractivity contribution in [1.29, 1.82) is 0 Å². The van der Waals surface area contributed by atoms with Crippen LogP contribution >= 0.6 is 0 Å². The van der Waals surface area contributed by atoms with Crippen molar-refractivity contribution in [2.45, 2.75) is 13.5 Å². The molecule has 0 amide bonds. The Morgan fingerprint density at radius 3 is 2.83 bits per heavy atom. The van der Waals surface area contributed by atoms with Gasteiger partial charge < -0.3 is 9.72 Å². The highest BCUT2D eigenvalue weighted by Crippen LogP contribution is 2.26. The fourth-order valence-electron chi connectivity index (χ4n) is 2.75. The van der Waals surface area contributed by atoms with E-state index in [0.717, 1.165) is 29.0 Å². The van der Waals surface area contributed by atoms with Gasteiger partial charge in [0.15, 0.2) is 0 Å². The van der Waals surface area contributed by atoms with Gasteiger partial charge >= 0.3 is 0 Å². The number of halogens is 2. The molecule has 3 heterocycles. The van der Waals surface area contributed by atoms with Gasteiger partial charge in [-0.15, -0.1) is 0 Å². The predicted octanol–water partition coefficient (Wildman–Crippen LogP) is 4.08. The first-order valence-electron chi connectivity index (χ1n) is 7.52. The molecular weight excluding hydrogens is 310 g/mol. The van der Waals surface area contributed by atoms with E-state index in [1.54, 1.807) is 6.07 Å². The van der Waals surface area contributed by atoms with Gasteiger partial charge in [0.2, 0.25) is 0 Å². The lowest BCUT2D eigenvalue weighted by Gasteiger charge is -2.09. The van der Waals surface area contributed by atoms with Crippen LogP contribution in [0.4, 0.5) is 14.5 Å². The summed E-state index contributed by atoms with van der Waals surface area (Å²) in [7, 11) is 0. The number of pyridine rings is 2. The van der Waals surface area contributed by atoms with Gasteiger partial charge in [0, 0.05) is 24.3 Å². The molecule has 0 unspecified atom stereocenters. The maximum absolute atomic E-state index is 14.1. The summed E-state index contributed by atoms with van der Waals surface area (Å²) in [5, 5.41) is 3.28. The second-order valence-electron chi connectivity index (χ2n) is 5.67. The van der Waals surface area contributed by atoms with Crippen molar-refractivity contribution in [2.75, 3.05) is 5.32 Å². The van der Waals surface area contributed by atoms with Crippen molar-refractivity contribution < 1.29 is 8.78 Å². The molecule has 0 radical (unpaired) electrons. The molecule has 3 aromatic heterocycles. The van der Waals surface area contributed by atoms with Crippen LogP contribution in [0.3, 0.4) is 0 Å². The third kappa shape index (κ3) is 2.46. The Hall–Kier alpha value is -3.02. The fourth-order valence-corrected chi connectivity index (χ4v) is 2.75.